The van der Waals surface area contributed by atoms with Gasteiger partial charge in [0.25, 0.3) is 5.56 Å². The molecule has 0 saturated heterocycles. The van der Waals surface area contributed by atoms with Crippen molar-refractivity contribution < 1.29 is 18.0 Å². The molecule has 2 aromatic heterocycles. The van der Waals surface area contributed by atoms with Gasteiger partial charge < -0.3 is 5.32 Å². The molecule has 2 aromatic carbocycles. The first-order valence-electron chi connectivity index (χ1n) is 8.66. The van der Waals surface area contributed by atoms with E-state index in [4.69, 9.17) is 0 Å². The first-order chi connectivity index (χ1) is 14.3. The van der Waals surface area contributed by atoms with Gasteiger partial charge in [-0.15, -0.1) is 5.10 Å². The first-order valence-corrected chi connectivity index (χ1v) is 8.66. The number of fused-ring (bicyclic) bond motifs is 1. The van der Waals surface area contributed by atoms with Gasteiger partial charge in [-0.05, 0) is 36.4 Å². The predicted molar refractivity (Wildman–Crippen MR) is 101 cm³/mol. The Morgan fingerprint density at radius 2 is 1.73 bits per heavy atom. The normalized spacial score (nSPS) is 11.6. The van der Waals surface area contributed by atoms with Crippen LogP contribution in [-0.4, -0.2) is 30.5 Å². The summed E-state index contributed by atoms with van der Waals surface area (Å²) < 4.78 is 40.3. The Hall–Kier alpha value is -4.02. The standard InChI is InChI=1S/C19H13F3N6O2/c20-19(21,22)12-6-8-13(9-7-12)24-15(29)10-27-11-23-17-16(18(27)30)25-26-28(17)14-4-2-1-3-5-14/h1-9,11H,10H2,(H,24,29). The van der Waals surface area contributed by atoms with E-state index in [1.165, 1.54) is 11.0 Å². The monoisotopic (exact) mass is 414 g/mol. The second-order valence-electron chi connectivity index (χ2n) is 6.31. The summed E-state index contributed by atoms with van der Waals surface area (Å²) in [5, 5.41) is 10.2. The van der Waals surface area contributed by atoms with Crippen LogP contribution in [0.2, 0.25) is 0 Å². The number of aromatic nitrogens is 5. The highest BCUT2D eigenvalue weighted by atomic mass is 19.4. The van der Waals surface area contributed by atoms with Gasteiger partial charge in [0.2, 0.25) is 5.91 Å². The zero-order valence-electron chi connectivity index (χ0n) is 15.2. The molecule has 8 nitrogen and oxygen atoms in total. The molecule has 0 aliphatic rings. The minimum Gasteiger partial charge on any atom is -0.325 e. The fourth-order valence-electron chi connectivity index (χ4n) is 2.80. The molecule has 0 saturated carbocycles. The summed E-state index contributed by atoms with van der Waals surface area (Å²) in [7, 11) is 0. The molecule has 0 bridgehead atoms. The van der Waals surface area contributed by atoms with Crippen LogP contribution in [0.4, 0.5) is 18.9 Å². The van der Waals surface area contributed by atoms with Crippen molar-refractivity contribution in [3.05, 3.63) is 76.8 Å². The van der Waals surface area contributed by atoms with Crippen molar-refractivity contribution in [2.75, 3.05) is 5.32 Å². The number of amides is 1. The smallest absolute Gasteiger partial charge is 0.325 e. The zero-order valence-corrected chi connectivity index (χ0v) is 15.2. The van der Waals surface area contributed by atoms with E-state index in [1.807, 2.05) is 6.07 Å². The molecule has 0 atom stereocenters. The Balaban J connectivity index is 1.53. The van der Waals surface area contributed by atoms with E-state index in [1.54, 1.807) is 24.3 Å². The number of halogens is 3. The molecule has 4 rings (SSSR count). The Kier molecular flexibility index (Phi) is 4.78. The number of hydrogen-bond donors (Lipinski definition) is 1. The SMILES string of the molecule is O=C(Cn1cnc2c(nnn2-c2ccccc2)c1=O)Nc1ccc(C(F)(F)F)cc1. The molecule has 4 aromatic rings. The zero-order chi connectivity index (χ0) is 21.3. The molecule has 0 aliphatic carbocycles. The maximum absolute atomic E-state index is 12.6. The van der Waals surface area contributed by atoms with E-state index >= 15 is 0 Å². The van der Waals surface area contributed by atoms with Crippen LogP contribution in [0.15, 0.2) is 65.7 Å². The number of anilines is 1. The molecule has 0 fully saturated rings. The van der Waals surface area contributed by atoms with Gasteiger partial charge in [0.05, 0.1) is 11.3 Å². The van der Waals surface area contributed by atoms with E-state index in [-0.39, 0.29) is 23.4 Å². The van der Waals surface area contributed by atoms with Crippen molar-refractivity contribution in [1.82, 2.24) is 24.5 Å². The molecule has 0 aliphatic heterocycles. The van der Waals surface area contributed by atoms with E-state index in [9.17, 15) is 22.8 Å². The van der Waals surface area contributed by atoms with Crippen molar-refractivity contribution in [2.45, 2.75) is 12.7 Å². The number of rotatable bonds is 4. The summed E-state index contributed by atoms with van der Waals surface area (Å²) in [5.74, 6) is -0.603. The Morgan fingerprint density at radius 3 is 2.40 bits per heavy atom. The molecule has 1 N–H and O–H groups in total. The number of para-hydroxylation sites is 1. The third kappa shape index (κ3) is 3.77. The lowest BCUT2D eigenvalue weighted by Gasteiger charge is -2.09. The lowest BCUT2D eigenvalue weighted by atomic mass is 10.2. The van der Waals surface area contributed by atoms with E-state index in [2.05, 4.69) is 20.6 Å². The molecule has 0 unspecified atom stereocenters. The summed E-state index contributed by atoms with van der Waals surface area (Å²) in [6.45, 7) is -0.388. The van der Waals surface area contributed by atoms with Gasteiger partial charge in [0.15, 0.2) is 11.2 Å². The largest absolute Gasteiger partial charge is 0.416 e. The number of benzene rings is 2. The number of nitrogens with zero attached hydrogens (tertiary/aromatic N) is 5. The predicted octanol–water partition coefficient (Wildman–Crippen LogP) is 2.63. The van der Waals surface area contributed by atoms with E-state index in [0.29, 0.717) is 5.69 Å². The fraction of sp³-hybridized carbons (Fsp3) is 0.105. The van der Waals surface area contributed by atoms with E-state index < -0.39 is 23.2 Å². The van der Waals surface area contributed by atoms with Crippen LogP contribution in [0.3, 0.4) is 0 Å². The van der Waals surface area contributed by atoms with Gasteiger partial charge >= 0.3 is 6.18 Å². The number of hydrogen-bond acceptors (Lipinski definition) is 5. The van der Waals surface area contributed by atoms with Gasteiger partial charge in [-0.25, -0.2) is 4.98 Å². The maximum Gasteiger partial charge on any atom is 0.416 e. The number of alkyl halides is 3. The van der Waals surface area contributed by atoms with Crippen LogP contribution < -0.4 is 10.9 Å². The Bertz CT molecular complexity index is 1260. The van der Waals surface area contributed by atoms with Crippen LogP contribution >= 0.6 is 0 Å². The quantitative estimate of drug-likeness (QED) is 0.554. The summed E-state index contributed by atoms with van der Waals surface area (Å²) in [5.41, 5.74) is -0.318. The van der Waals surface area contributed by atoms with Gasteiger partial charge in [-0.3, -0.25) is 14.2 Å². The maximum atomic E-state index is 12.6. The van der Waals surface area contributed by atoms with Crippen LogP contribution in [0, 0.1) is 0 Å². The molecule has 11 heteroatoms. The number of nitrogens with one attached hydrogen (secondary N) is 1. The highest BCUT2D eigenvalue weighted by molar-refractivity contribution is 5.90. The van der Waals surface area contributed by atoms with Crippen molar-refractivity contribution in [3.8, 4) is 5.69 Å². The van der Waals surface area contributed by atoms with Crippen LogP contribution in [0.1, 0.15) is 5.56 Å². The number of carbonyl (C=O) groups is 1. The molecule has 0 spiro atoms. The van der Waals surface area contributed by atoms with E-state index in [0.717, 1.165) is 28.8 Å². The third-order valence-corrected chi connectivity index (χ3v) is 4.24. The Labute approximate surface area is 166 Å². The minimum absolute atomic E-state index is 0.0105. The van der Waals surface area contributed by atoms with Crippen LogP contribution in [0.25, 0.3) is 16.9 Å². The summed E-state index contributed by atoms with van der Waals surface area (Å²) >= 11 is 0. The lowest BCUT2D eigenvalue weighted by molar-refractivity contribution is -0.137. The minimum atomic E-state index is -4.46. The van der Waals surface area contributed by atoms with Gasteiger partial charge in [-0.1, -0.05) is 23.4 Å². The van der Waals surface area contributed by atoms with Gasteiger partial charge in [0.1, 0.15) is 12.9 Å². The average Bonchev–Trinajstić information content (AvgIpc) is 3.15. The first kappa shape index (κ1) is 19.3. The molecule has 2 heterocycles. The van der Waals surface area contributed by atoms with Crippen LogP contribution in [0.5, 0.6) is 0 Å². The summed E-state index contributed by atoms with van der Waals surface area (Å²) in [6.07, 6.45) is -3.27. The second kappa shape index (κ2) is 7.43. The highest BCUT2D eigenvalue weighted by Gasteiger charge is 2.30. The molecular weight excluding hydrogens is 401 g/mol. The molecule has 0 radical (unpaired) electrons. The van der Waals surface area contributed by atoms with Crippen molar-refractivity contribution >= 4 is 22.8 Å². The van der Waals surface area contributed by atoms with Crippen molar-refractivity contribution in [3.63, 3.8) is 0 Å². The van der Waals surface area contributed by atoms with Crippen LogP contribution in [-0.2, 0) is 17.5 Å². The average molecular weight is 414 g/mol. The fourth-order valence-corrected chi connectivity index (χ4v) is 2.80. The lowest BCUT2D eigenvalue weighted by Crippen LogP contribution is -2.28. The second-order valence-corrected chi connectivity index (χ2v) is 6.31. The third-order valence-electron chi connectivity index (χ3n) is 4.24. The summed E-state index contributed by atoms with van der Waals surface area (Å²) in [4.78, 5) is 29.0. The summed E-state index contributed by atoms with van der Waals surface area (Å²) in [6, 6.07) is 13.0. The van der Waals surface area contributed by atoms with Crippen molar-refractivity contribution in [1.29, 1.82) is 0 Å². The topological polar surface area (TPSA) is 94.7 Å². The number of carbonyl (C=O) groups excluding carboxylic acids is 1. The van der Waals surface area contributed by atoms with Gasteiger partial charge in [-0.2, -0.15) is 17.9 Å². The Morgan fingerprint density at radius 1 is 1.03 bits per heavy atom. The highest BCUT2D eigenvalue weighted by Crippen LogP contribution is 2.29. The van der Waals surface area contributed by atoms with Crippen molar-refractivity contribution in [2.24, 2.45) is 0 Å². The molecule has 1 amide bonds. The molecular formula is C19H13F3N6O2. The van der Waals surface area contributed by atoms with Gasteiger partial charge in [0, 0.05) is 5.69 Å². The molecule has 152 valence electrons. The molecule has 30 heavy (non-hydrogen) atoms.